The molecule has 0 bridgehead atoms. The molecule has 0 unspecified atom stereocenters. The molecule has 0 aliphatic carbocycles. The molecule has 0 spiro atoms. The third-order valence-electron chi connectivity index (χ3n) is 3.27. The Kier molecular flexibility index (Phi) is 6.72. The van der Waals surface area contributed by atoms with Crippen LogP contribution in [0.1, 0.15) is 65.6 Å². The van der Waals surface area contributed by atoms with E-state index >= 15 is 0 Å². The summed E-state index contributed by atoms with van der Waals surface area (Å²) in [5.74, 6) is 0.0671. The number of carbonyl (C=O) groups is 2. The lowest BCUT2D eigenvalue weighted by molar-refractivity contribution is -0.142. The molecule has 1 aromatic rings. The Hall–Kier alpha value is -1.92. The highest BCUT2D eigenvalue weighted by atomic mass is 16.5. The van der Waals surface area contributed by atoms with Crippen molar-refractivity contribution in [3.05, 3.63) is 11.7 Å². The Morgan fingerprint density at radius 2 is 1.96 bits per heavy atom. The van der Waals surface area contributed by atoms with Crippen molar-refractivity contribution < 1.29 is 19.2 Å². The van der Waals surface area contributed by atoms with Crippen molar-refractivity contribution in [1.29, 1.82) is 0 Å². The topological polar surface area (TPSA) is 105 Å². The van der Waals surface area contributed by atoms with Gasteiger partial charge in [-0.05, 0) is 18.8 Å². The number of hydrogen-bond acceptors (Lipinski definition) is 5. The summed E-state index contributed by atoms with van der Waals surface area (Å²) in [6.07, 6.45) is 1.68. The molecule has 1 atom stereocenters. The first-order chi connectivity index (χ1) is 10.6. The number of carbonyl (C=O) groups excluding carboxylic acids is 1. The number of carboxylic acids is 1. The number of hydrogen-bond donors (Lipinski definition) is 2. The van der Waals surface area contributed by atoms with Gasteiger partial charge < -0.3 is 14.9 Å². The Labute approximate surface area is 136 Å². The lowest BCUT2D eigenvalue weighted by atomic mass is 9.96. The number of nitrogens with one attached hydrogen (secondary N) is 1. The van der Waals surface area contributed by atoms with Crippen LogP contribution in [0.2, 0.25) is 0 Å². The lowest BCUT2D eigenvalue weighted by Gasteiger charge is -2.16. The van der Waals surface area contributed by atoms with Gasteiger partial charge in [0.05, 0.1) is 0 Å². The number of aliphatic carboxylic acids is 1. The van der Waals surface area contributed by atoms with Crippen molar-refractivity contribution in [2.24, 2.45) is 5.92 Å². The fraction of sp³-hybridized carbons (Fsp3) is 0.750. The molecular weight excluding hydrogens is 298 g/mol. The van der Waals surface area contributed by atoms with Gasteiger partial charge in [0.2, 0.25) is 11.8 Å². The van der Waals surface area contributed by atoms with Crippen LogP contribution in [0.25, 0.3) is 0 Å². The second-order valence-corrected chi connectivity index (χ2v) is 7.20. The fourth-order valence-electron chi connectivity index (χ4n) is 2.02. The van der Waals surface area contributed by atoms with Gasteiger partial charge in [0.1, 0.15) is 6.04 Å². The molecule has 0 fully saturated rings. The van der Waals surface area contributed by atoms with Crippen LogP contribution < -0.4 is 5.32 Å². The van der Waals surface area contributed by atoms with E-state index in [0.29, 0.717) is 31.0 Å². The number of rotatable bonds is 8. The van der Waals surface area contributed by atoms with Crippen LogP contribution >= 0.6 is 0 Å². The zero-order valence-electron chi connectivity index (χ0n) is 14.5. The summed E-state index contributed by atoms with van der Waals surface area (Å²) in [5.41, 5.74) is -0.176. The lowest BCUT2D eigenvalue weighted by Crippen LogP contribution is -2.41. The van der Waals surface area contributed by atoms with Crippen molar-refractivity contribution >= 4 is 11.9 Å². The maximum atomic E-state index is 11.9. The maximum absolute atomic E-state index is 11.9. The summed E-state index contributed by atoms with van der Waals surface area (Å²) < 4.78 is 5.16. The van der Waals surface area contributed by atoms with E-state index in [-0.39, 0.29) is 23.7 Å². The average Bonchev–Trinajstić information content (AvgIpc) is 2.86. The van der Waals surface area contributed by atoms with Crippen LogP contribution in [0.5, 0.6) is 0 Å². The van der Waals surface area contributed by atoms with E-state index in [2.05, 4.69) is 15.5 Å². The first-order valence-electron chi connectivity index (χ1n) is 7.95. The zero-order chi connectivity index (χ0) is 17.6. The summed E-state index contributed by atoms with van der Waals surface area (Å²) in [6, 6.07) is -0.835. The van der Waals surface area contributed by atoms with E-state index in [4.69, 9.17) is 9.63 Å². The van der Waals surface area contributed by atoms with Gasteiger partial charge in [-0.2, -0.15) is 4.98 Å². The molecule has 7 nitrogen and oxygen atoms in total. The predicted octanol–water partition coefficient (Wildman–Crippen LogP) is 2.31. The molecule has 2 N–H and O–H groups in total. The van der Waals surface area contributed by atoms with Gasteiger partial charge in [0.25, 0.3) is 0 Å². The Bertz CT molecular complexity index is 532. The SMILES string of the molecule is CC(C)C[C@H](NC(=O)CCCc1nc(C(C)(C)C)no1)C(=O)O. The molecule has 1 rings (SSSR count). The van der Waals surface area contributed by atoms with Gasteiger partial charge >= 0.3 is 5.97 Å². The number of aryl methyl sites for hydroxylation is 1. The Balaban J connectivity index is 2.41. The molecule has 0 aromatic carbocycles. The van der Waals surface area contributed by atoms with Crippen molar-refractivity contribution in [3.8, 4) is 0 Å². The third kappa shape index (κ3) is 6.80. The van der Waals surface area contributed by atoms with E-state index in [1.54, 1.807) is 0 Å². The average molecular weight is 325 g/mol. The molecule has 7 heteroatoms. The standard InChI is InChI=1S/C16H27N3O4/c1-10(2)9-11(14(21)22)17-12(20)7-6-8-13-18-15(19-23-13)16(3,4)5/h10-11H,6-9H2,1-5H3,(H,17,20)(H,21,22)/t11-/m0/s1. The fourth-order valence-corrected chi connectivity index (χ4v) is 2.02. The van der Waals surface area contributed by atoms with Gasteiger partial charge in [0.15, 0.2) is 5.82 Å². The molecule has 0 aliphatic heterocycles. The van der Waals surface area contributed by atoms with E-state index in [9.17, 15) is 9.59 Å². The molecular formula is C16H27N3O4. The second-order valence-electron chi connectivity index (χ2n) is 7.20. The molecule has 1 heterocycles. The minimum Gasteiger partial charge on any atom is -0.480 e. The van der Waals surface area contributed by atoms with E-state index < -0.39 is 12.0 Å². The third-order valence-corrected chi connectivity index (χ3v) is 3.27. The van der Waals surface area contributed by atoms with Crippen molar-refractivity contribution in [2.75, 3.05) is 0 Å². The molecule has 1 amide bonds. The first-order valence-corrected chi connectivity index (χ1v) is 7.95. The minimum absolute atomic E-state index is 0.176. The van der Waals surface area contributed by atoms with E-state index in [1.807, 2.05) is 34.6 Å². The molecule has 0 saturated heterocycles. The van der Waals surface area contributed by atoms with Gasteiger partial charge in [-0.3, -0.25) is 4.79 Å². The maximum Gasteiger partial charge on any atom is 0.326 e. The zero-order valence-corrected chi connectivity index (χ0v) is 14.5. The van der Waals surface area contributed by atoms with Gasteiger partial charge in [-0.25, -0.2) is 4.79 Å². The van der Waals surface area contributed by atoms with Gasteiger partial charge in [0, 0.05) is 18.3 Å². The van der Waals surface area contributed by atoms with E-state index in [1.165, 1.54) is 0 Å². The Morgan fingerprint density at radius 1 is 1.30 bits per heavy atom. The number of nitrogens with zero attached hydrogens (tertiary/aromatic N) is 2. The first kappa shape index (κ1) is 19.1. The molecule has 23 heavy (non-hydrogen) atoms. The molecule has 0 saturated carbocycles. The minimum atomic E-state index is -1.00. The highest BCUT2D eigenvalue weighted by Crippen LogP contribution is 2.18. The monoisotopic (exact) mass is 325 g/mol. The smallest absolute Gasteiger partial charge is 0.326 e. The van der Waals surface area contributed by atoms with Gasteiger partial charge in [-0.1, -0.05) is 39.8 Å². The van der Waals surface area contributed by atoms with Crippen LogP contribution in [-0.4, -0.2) is 33.2 Å². The van der Waals surface area contributed by atoms with Crippen LogP contribution in [0.15, 0.2) is 4.52 Å². The molecule has 0 radical (unpaired) electrons. The van der Waals surface area contributed by atoms with Crippen LogP contribution in [-0.2, 0) is 21.4 Å². The van der Waals surface area contributed by atoms with Crippen molar-refractivity contribution in [1.82, 2.24) is 15.5 Å². The van der Waals surface area contributed by atoms with Crippen LogP contribution in [0, 0.1) is 5.92 Å². The predicted molar refractivity (Wildman–Crippen MR) is 85.0 cm³/mol. The molecule has 1 aromatic heterocycles. The largest absolute Gasteiger partial charge is 0.480 e. The highest BCUT2D eigenvalue weighted by molar-refractivity contribution is 5.83. The normalized spacial score (nSPS) is 13.1. The van der Waals surface area contributed by atoms with Crippen LogP contribution in [0.4, 0.5) is 0 Å². The van der Waals surface area contributed by atoms with Crippen molar-refractivity contribution in [3.63, 3.8) is 0 Å². The summed E-state index contributed by atoms with van der Waals surface area (Å²) in [6.45, 7) is 9.83. The number of carboxylic acid groups (broad SMARTS) is 1. The second kappa shape index (κ2) is 8.08. The quantitative estimate of drug-likeness (QED) is 0.760. The highest BCUT2D eigenvalue weighted by Gasteiger charge is 2.22. The van der Waals surface area contributed by atoms with Gasteiger partial charge in [-0.15, -0.1) is 0 Å². The molecule has 0 aliphatic rings. The van der Waals surface area contributed by atoms with E-state index in [0.717, 1.165) is 0 Å². The van der Waals surface area contributed by atoms with Crippen LogP contribution in [0.3, 0.4) is 0 Å². The summed E-state index contributed by atoms with van der Waals surface area (Å²) in [5, 5.41) is 15.6. The number of amides is 1. The summed E-state index contributed by atoms with van der Waals surface area (Å²) in [4.78, 5) is 27.3. The Morgan fingerprint density at radius 3 is 2.43 bits per heavy atom. The summed E-state index contributed by atoms with van der Waals surface area (Å²) in [7, 11) is 0. The summed E-state index contributed by atoms with van der Waals surface area (Å²) >= 11 is 0. The number of aromatic nitrogens is 2. The van der Waals surface area contributed by atoms with Crippen molar-refractivity contribution in [2.45, 2.75) is 71.8 Å². The molecule has 130 valence electrons.